The molecule has 1 aromatic heterocycles. The van der Waals surface area contributed by atoms with E-state index in [4.69, 9.17) is 0 Å². The summed E-state index contributed by atoms with van der Waals surface area (Å²) in [5.74, 6) is 0. The Morgan fingerprint density at radius 2 is 1.84 bits per heavy atom. The van der Waals surface area contributed by atoms with Crippen molar-refractivity contribution in [2.75, 3.05) is 6.54 Å². The number of benzene rings is 1. The molecule has 0 amide bonds. The number of likely N-dealkylation sites (N-methyl/N-ethyl adjacent to an activating group) is 1. The van der Waals surface area contributed by atoms with Crippen LogP contribution in [0.4, 0.5) is 0 Å². The first-order valence-corrected chi connectivity index (χ1v) is 8.74. The second kappa shape index (κ2) is 7.41. The molecule has 0 radical (unpaired) electrons. The van der Waals surface area contributed by atoms with Crippen molar-refractivity contribution in [2.24, 2.45) is 0 Å². The van der Waals surface area contributed by atoms with Crippen LogP contribution in [0.3, 0.4) is 0 Å². The van der Waals surface area contributed by atoms with Crippen molar-refractivity contribution in [3.8, 4) is 0 Å². The molecule has 0 fully saturated rings. The Morgan fingerprint density at radius 3 is 2.37 bits per heavy atom. The third-order valence-electron chi connectivity index (χ3n) is 3.31. The Balaban J connectivity index is 2.11. The molecule has 3 heteroatoms. The van der Waals surface area contributed by atoms with E-state index in [1.807, 2.05) is 11.3 Å². The monoisotopic (exact) mass is 385 g/mol. The van der Waals surface area contributed by atoms with E-state index in [9.17, 15) is 0 Å². The summed E-state index contributed by atoms with van der Waals surface area (Å²) in [7, 11) is 0. The minimum absolute atomic E-state index is 0.428. The number of rotatable bonds is 6. The third-order valence-corrected chi connectivity index (χ3v) is 5.12. The molecular weight excluding hydrogens is 365 g/mol. The molecule has 2 rings (SSSR count). The molecule has 0 saturated carbocycles. The summed E-state index contributed by atoms with van der Waals surface area (Å²) >= 11 is 4.22. The Hall–Kier alpha value is -0.390. The quantitative estimate of drug-likeness (QED) is 0.704. The molecule has 1 heterocycles. The van der Waals surface area contributed by atoms with E-state index in [1.165, 1.54) is 19.6 Å². The minimum Gasteiger partial charge on any atom is -0.310 e. The Labute approximate surface area is 133 Å². The van der Waals surface area contributed by atoms with Crippen LogP contribution in [0.15, 0.2) is 35.7 Å². The Kier molecular flexibility index (Phi) is 5.85. The summed E-state index contributed by atoms with van der Waals surface area (Å²) in [5.41, 5.74) is 4.23. The molecule has 0 aliphatic heterocycles. The molecule has 19 heavy (non-hydrogen) atoms. The van der Waals surface area contributed by atoms with Crippen LogP contribution in [0.2, 0.25) is 0 Å². The fraction of sp³-hybridized carbons (Fsp3) is 0.375. The van der Waals surface area contributed by atoms with E-state index < -0.39 is 0 Å². The molecule has 1 nitrogen and oxygen atoms in total. The van der Waals surface area contributed by atoms with Crippen LogP contribution in [0.5, 0.6) is 0 Å². The fourth-order valence-corrected chi connectivity index (χ4v) is 3.63. The van der Waals surface area contributed by atoms with Crippen molar-refractivity contribution in [1.29, 1.82) is 0 Å². The van der Waals surface area contributed by atoms with Crippen molar-refractivity contribution in [1.82, 2.24) is 5.32 Å². The van der Waals surface area contributed by atoms with Crippen LogP contribution >= 0.6 is 33.9 Å². The summed E-state index contributed by atoms with van der Waals surface area (Å²) in [6.07, 6.45) is 2.17. The van der Waals surface area contributed by atoms with Gasteiger partial charge in [0.25, 0.3) is 0 Å². The van der Waals surface area contributed by atoms with Crippen LogP contribution in [0, 0.1) is 2.88 Å². The van der Waals surface area contributed by atoms with Gasteiger partial charge in [-0.1, -0.05) is 38.1 Å². The van der Waals surface area contributed by atoms with Crippen molar-refractivity contribution < 1.29 is 0 Å². The lowest BCUT2D eigenvalue weighted by molar-refractivity contribution is 0.551. The van der Waals surface area contributed by atoms with E-state index in [-0.39, 0.29) is 0 Å². The summed E-state index contributed by atoms with van der Waals surface area (Å²) in [5, 5.41) is 5.87. The standard InChI is InChI=1S/C16H20INS/c1-3-12-5-7-13(8-6-12)9-15(18-4-2)14-10-16(17)19-11-14/h5-8,10-11,15,18H,3-4,9H2,1-2H3. The highest BCUT2D eigenvalue weighted by atomic mass is 127. The van der Waals surface area contributed by atoms with Gasteiger partial charge in [0, 0.05) is 6.04 Å². The molecule has 0 aliphatic carbocycles. The molecule has 0 bridgehead atoms. The highest BCUT2D eigenvalue weighted by Crippen LogP contribution is 2.25. The molecule has 102 valence electrons. The summed E-state index contributed by atoms with van der Waals surface area (Å²) in [6, 6.07) is 11.7. The molecule has 1 unspecified atom stereocenters. The summed E-state index contributed by atoms with van der Waals surface area (Å²) < 4.78 is 1.36. The number of thiophene rings is 1. The zero-order chi connectivity index (χ0) is 13.7. The lowest BCUT2D eigenvalue weighted by Gasteiger charge is -2.17. The number of hydrogen-bond donors (Lipinski definition) is 1. The lowest BCUT2D eigenvalue weighted by atomic mass is 10.00. The maximum atomic E-state index is 3.59. The van der Waals surface area contributed by atoms with Gasteiger partial charge in [-0.05, 0) is 70.1 Å². The van der Waals surface area contributed by atoms with Crippen LogP contribution < -0.4 is 5.32 Å². The molecule has 1 atom stereocenters. The molecule has 0 spiro atoms. The van der Waals surface area contributed by atoms with E-state index in [0.717, 1.165) is 19.4 Å². The van der Waals surface area contributed by atoms with Crippen LogP contribution in [0.25, 0.3) is 0 Å². The first-order valence-electron chi connectivity index (χ1n) is 6.78. The van der Waals surface area contributed by atoms with E-state index >= 15 is 0 Å². The molecule has 2 aromatic rings. The molecule has 0 aliphatic rings. The zero-order valence-electron chi connectivity index (χ0n) is 11.4. The van der Waals surface area contributed by atoms with Gasteiger partial charge in [-0.3, -0.25) is 0 Å². The Bertz CT molecular complexity index is 504. The fourth-order valence-electron chi connectivity index (χ4n) is 2.21. The second-order valence-corrected chi connectivity index (χ2v) is 7.47. The summed E-state index contributed by atoms with van der Waals surface area (Å²) in [6.45, 7) is 5.37. The largest absolute Gasteiger partial charge is 0.310 e. The van der Waals surface area contributed by atoms with Gasteiger partial charge in [0.15, 0.2) is 0 Å². The maximum Gasteiger partial charge on any atom is 0.0656 e. The van der Waals surface area contributed by atoms with Crippen molar-refractivity contribution in [3.63, 3.8) is 0 Å². The Morgan fingerprint density at radius 1 is 1.16 bits per heavy atom. The smallest absolute Gasteiger partial charge is 0.0656 e. The van der Waals surface area contributed by atoms with Gasteiger partial charge in [0.2, 0.25) is 0 Å². The number of hydrogen-bond acceptors (Lipinski definition) is 2. The highest BCUT2D eigenvalue weighted by molar-refractivity contribution is 14.1. The third kappa shape index (κ3) is 4.29. The molecular formula is C16H20INS. The lowest BCUT2D eigenvalue weighted by Crippen LogP contribution is -2.22. The summed E-state index contributed by atoms with van der Waals surface area (Å²) in [4.78, 5) is 0. The van der Waals surface area contributed by atoms with E-state index in [1.54, 1.807) is 0 Å². The average Bonchev–Trinajstić information content (AvgIpc) is 2.86. The number of aryl methyl sites for hydroxylation is 1. The average molecular weight is 385 g/mol. The van der Waals surface area contributed by atoms with Crippen LogP contribution in [-0.4, -0.2) is 6.54 Å². The van der Waals surface area contributed by atoms with Gasteiger partial charge in [-0.2, -0.15) is 0 Å². The van der Waals surface area contributed by atoms with Gasteiger partial charge < -0.3 is 5.32 Å². The van der Waals surface area contributed by atoms with Crippen LogP contribution in [-0.2, 0) is 12.8 Å². The van der Waals surface area contributed by atoms with Gasteiger partial charge >= 0.3 is 0 Å². The van der Waals surface area contributed by atoms with E-state index in [2.05, 4.69) is 77.5 Å². The maximum absolute atomic E-state index is 3.59. The van der Waals surface area contributed by atoms with Gasteiger partial charge in [-0.25, -0.2) is 0 Å². The zero-order valence-corrected chi connectivity index (χ0v) is 14.4. The molecule has 0 saturated heterocycles. The topological polar surface area (TPSA) is 12.0 Å². The van der Waals surface area contributed by atoms with Crippen LogP contribution in [0.1, 0.15) is 36.6 Å². The second-order valence-electron chi connectivity index (χ2n) is 4.67. The van der Waals surface area contributed by atoms with Crippen molar-refractivity contribution in [3.05, 3.63) is 55.3 Å². The van der Waals surface area contributed by atoms with Gasteiger partial charge in [0.1, 0.15) is 0 Å². The number of nitrogens with one attached hydrogen (secondary N) is 1. The predicted octanol–water partition coefficient (Wildman–Crippen LogP) is 4.81. The van der Waals surface area contributed by atoms with Gasteiger partial charge in [-0.15, -0.1) is 11.3 Å². The normalized spacial score (nSPS) is 12.6. The molecule has 1 N–H and O–H groups in total. The molecule has 1 aromatic carbocycles. The predicted molar refractivity (Wildman–Crippen MR) is 93.0 cm³/mol. The minimum atomic E-state index is 0.428. The van der Waals surface area contributed by atoms with Crippen molar-refractivity contribution >= 4 is 33.9 Å². The first kappa shape index (κ1) is 15.0. The van der Waals surface area contributed by atoms with E-state index in [0.29, 0.717) is 6.04 Å². The first-order chi connectivity index (χ1) is 9.22. The van der Waals surface area contributed by atoms with Gasteiger partial charge in [0.05, 0.1) is 2.88 Å². The SMILES string of the molecule is CCNC(Cc1ccc(CC)cc1)c1csc(I)c1. The van der Waals surface area contributed by atoms with Crippen molar-refractivity contribution in [2.45, 2.75) is 32.7 Å². The highest BCUT2D eigenvalue weighted by Gasteiger charge is 2.12. The number of halogens is 1.